The number of carbonyl (C=O) groups is 3. The normalized spacial score (nSPS) is 12.8. The number of amides is 1. The zero-order chi connectivity index (χ0) is 24.1. The van der Waals surface area contributed by atoms with Gasteiger partial charge in [0.2, 0.25) is 5.91 Å². The molecule has 1 amide bonds. The minimum absolute atomic E-state index is 0.0401. The molecule has 0 aliphatic carbocycles. The Morgan fingerprint density at radius 1 is 0.844 bits per heavy atom. The Bertz CT molecular complexity index is 568. The number of thioether (sulfide) groups is 1. The molecule has 0 radical (unpaired) electrons. The van der Waals surface area contributed by atoms with Crippen molar-refractivity contribution in [1.82, 2.24) is 5.32 Å². The van der Waals surface area contributed by atoms with Crippen LogP contribution >= 0.6 is 19.4 Å². The first kappa shape index (κ1) is 31.1. The Balaban J connectivity index is 3.42. The van der Waals surface area contributed by atoms with Crippen molar-refractivity contribution in [3.8, 4) is 0 Å². The van der Waals surface area contributed by atoms with Crippen molar-refractivity contribution < 1.29 is 33.1 Å². The van der Waals surface area contributed by atoms with Gasteiger partial charge in [-0.25, -0.2) is 0 Å². The highest BCUT2D eigenvalue weighted by Gasteiger charge is 2.09. The zero-order valence-corrected chi connectivity index (χ0v) is 21.5. The van der Waals surface area contributed by atoms with Crippen molar-refractivity contribution in [1.29, 1.82) is 0 Å². The maximum absolute atomic E-state index is 11.8. The molecule has 0 aromatic carbocycles. The first-order valence-electron chi connectivity index (χ1n) is 11.6. The van der Waals surface area contributed by atoms with Crippen molar-refractivity contribution in [2.45, 2.75) is 83.5 Å². The van der Waals surface area contributed by atoms with E-state index >= 15 is 0 Å². The van der Waals surface area contributed by atoms with Crippen molar-refractivity contribution in [2.75, 3.05) is 38.4 Å². The maximum atomic E-state index is 11.8. The number of rotatable bonds is 22. The van der Waals surface area contributed by atoms with E-state index in [1.165, 1.54) is 6.66 Å². The van der Waals surface area contributed by atoms with E-state index in [-0.39, 0.29) is 25.1 Å². The predicted octanol–water partition coefficient (Wildman–Crippen LogP) is 4.48. The summed E-state index contributed by atoms with van der Waals surface area (Å²) in [4.78, 5) is 44.0. The number of esters is 1. The Morgan fingerprint density at radius 2 is 1.44 bits per heavy atom. The number of unbranched alkanes of at least 4 members (excludes halogenated alkanes) is 7. The molecule has 0 spiro atoms. The Hall–Kier alpha value is -0.890. The summed E-state index contributed by atoms with van der Waals surface area (Å²) >= 11 is 1.69. The second kappa shape index (κ2) is 20.7. The molecule has 0 aromatic heterocycles. The van der Waals surface area contributed by atoms with Gasteiger partial charge in [-0.1, -0.05) is 32.1 Å². The van der Waals surface area contributed by atoms with Gasteiger partial charge >= 0.3 is 13.6 Å². The molecular formula is C22H42NO7PS. The lowest BCUT2D eigenvalue weighted by Gasteiger charge is -2.07. The third-order valence-electron chi connectivity index (χ3n) is 4.74. The third kappa shape index (κ3) is 23.8. The first-order chi connectivity index (χ1) is 15.2. The van der Waals surface area contributed by atoms with Crippen molar-refractivity contribution in [3.05, 3.63) is 0 Å². The molecule has 0 heterocycles. The molecule has 1 atom stereocenters. The fourth-order valence-corrected chi connectivity index (χ4v) is 3.85. The van der Waals surface area contributed by atoms with Crippen LogP contribution in [-0.2, 0) is 28.2 Å². The molecule has 0 bridgehead atoms. The summed E-state index contributed by atoms with van der Waals surface area (Å²) in [6.07, 6.45) is 11.9. The lowest BCUT2D eigenvalue weighted by molar-refractivity contribution is -0.144. The van der Waals surface area contributed by atoms with Crippen LogP contribution in [0.4, 0.5) is 0 Å². The van der Waals surface area contributed by atoms with Crippen LogP contribution in [0.2, 0.25) is 0 Å². The summed E-state index contributed by atoms with van der Waals surface area (Å²) in [6.45, 7) is 1.95. The Labute approximate surface area is 197 Å². The van der Waals surface area contributed by atoms with Gasteiger partial charge in [-0.05, 0) is 37.7 Å². The van der Waals surface area contributed by atoms with E-state index in [1.807, 2.05) is 6.26 Å². The van der Waals surface area contributed by atoms with Crippen LogP contribution in [0.1, 0.15) is 83.5 Å². The topological polar surface area (TPSA) is 119 Å². The standard InChI is InChI=1S/C22H42NO7PS/c1-31(27,28)30-17-11-7-3-4-10-14-22(26)29-18-16-23-21(25)13-9-6-5-8-12-20(24)15-19-32-2/h3-19H2,1-2H3,(H,23,25)(H,27,28). The molecule has 1 unspecified atom stereocenters. The van der Waals surface area contributed by atoms with Crippen LogP contribution in [0.5, 0.6) is 0 Å². The summed E-state index contributed by atoms with van der Waals surface area (Å²) in [5.41, 5.74) is 0. The largest absolute Gasteiger partial charge is 0.464 e. The monoisotopic (exact) mass is 495 g/mol. The van der Waals surface area contributed by atoms with E-state index in [0.29, 0.717) is 38.0 Å². The molecule has 0 fully saturated rings. The minimum atomic E-state index is -3.37. The predicted molar refractivity (Wildman–Crippen MR) is 129 cm³/mol. The molecule has 10 heteroatoms. The van der Waals surface area contributed by atoms with Crippen LogP contribution in [0, 0.1) is 0 Å². The molecule has 8 nitrogen and oxygen atoms in total. The quantitative estimate of drug-likeness (QED) is 0.128. The van der Waals surface area contributed by atoms with Crippen molar-refractivity contribution >= 4 is 37.0 Å². The molecule has 0 aliphatic rings. The van der Waals surface area contributed by atoms with Gasteiger partial charge in [0.1, 0.15) is 12.4 Å². The Morgan fingerprint density at radius 3 is 2.09 bits per heavy atom. The van der Waals surface area contributed by atoms with E-state index in [0.717, 1.165) is 63.5 Å². The second-order valence-corrected chi connectivity index (χ2v) is 10.8. The lowest BCUT2D eigenvalue weighted by Crippen LogP contribution is -2.27. The van der Waals surface area contributed by atoms with Gasteiger partial charge in [-0.3, -0.25) is 18.9 Å². The minimum Gasteiger partial charge on any atom is -0.464 e. The van der Waals surface area contributed by atoms with E-state index < -0.39 is 7.60 Å². The highest BCUT2D eigenvalue weighted by Crippen LogP contribution is 2.36. The fourth-order valence-electron chi connectivity index (χ4n) is 2.95. The van der Waals surface area contributed by atoms with Crippen molar-refractivity contribution in [2.24, 2.45) is 0 Å². The number of hydrogen-bond donors (Lipinski definition) is 2. The number of carbonyl (C=O) groups excluding carboxylic acids is 3. The van der Waals surface area contributed by atoms with Gasteiger partial charge in [0.25, 0.3) is 0 Å². The second-order valence-electron chi connectivity index (χ2n) is 7.92. The van der Waals surface area contributed by atoms with Crippen molar-refractivity contribution in [3.63, 3.8) is 0 Å². The van der Waals surface area contributed by atoms with E-state index in [1.54, 1.807) is 11.8 Å². The molecule has 0 saturated heterocycles. The Kier molecular flexibility index (Phi) is 20.1. The third-order valence-corrected chi connectivity index (χ3v) is 6.01. The van der Waals surface area contributed by atoms with Crippen LogP contribution in [0.25, 0.3) is 0 Å². The molecule has 188 valence electrons. The van der Waals surface area contributed by atoms with E-state index in [2.05, 4.69) is 5.32 Å². The van der Waals surface area contributed by atoms with Gasteiger partial charge < -0.3 is 19.5 Å². The van der Waals surface area contributed by atoms with E-state index in [4.69, 9.17) is 14.2 Å². The molecule has 32 heavy (non-hydrogen) atoms. The summed E-state index contributed by atoms with van der Waals surface area (Å²) in [7, 11) is -3.37. The SMILES string of the molecule is CSCCC(=O)CCCCCCC(=O)NCCOC(=O)CCCCCCCOP(C)(=O)O. The summed E-state index contributed by atoms with van der Waals surface area (Å²) < 4.78 is 20.9. The average molecular weight is 496 g/mol. The van der Waals surface area contributed by atoms with Gasteiger partial charge in [0.05, 0.1) is 13.2 Å². The molecule has 0 rings (SSSR count). The molecular weight excluding hydrogens is 453 g/mol. The average Bonchev–Trinajstić information content (AvgIpc) is 2.73. The first-order valence-corrected chi connectivity index (χ1v) is 15.0. The number of ketones is 1. The zero-order valence-electron chi connectivity index (χ0n) is 19.8. The van der Waals surface area contributed by atoms with Gasteiger partial charge in [0.15, 0.2) is 0 Å². The van der Waals surface area contributed by atoms with Gasteiger partial charge in [-0.15, -0.1) is 0 Å². The molecule has 0 saturated carbocycles. The molecule has 2 N–H and O–H groups in total. The smallest absolute Gasteiger partial charge is 0.325 e. The van der Waals surface area contributed by atoms with Gasteiger partial charge in [0, 0.05) is 32.3 Å². The maximum Gasteiger partial charge on any atom is 0.325 e. The summed E-state index contributed by atoms with van der Waals surface area (Å²) in [5, 5.41) is 2.75. The van der Waals surface area contributed by atoms with Gasteiger partial charge in [-0.2, -0.15) is 11.8 Å². The summed E-state index contributed by atoms with van der Waals surface area (Å²) in [6, 6.07) is 0. The number of nitrogens with one attached hydrogen (secondary N) is 1. The number of hydrogen-bond acceptors (Lipinski definition) is 7. The highest BCUT2D eigenvalue weighted by atomic mass is 32.2. The lowest BCUT2D eigenvalue weighted by atomic mass is 10.1. The van der Waals surface area contributed by atoms with Crippen LogP contribution in [0.3, 0.4) is 0 Å². The van der Waals surface area contributed by atoms with E-state index in [9.17, 15) is 18.9 Å². The number of ether oxygens (including phenoxy) is 1. The van der Waals surface area contributed by atoms with Crippen LogP contribution in [0.15, 0.2) is 0 Å². The number of Topliss-reactive ketones (excluding diaryl/α,β-unsaturated/α-hetero) is 1. The highest BCUT2D eigenvalue weighted by molar-refractivity contribution is 7.98. The fraction of sp³-hybridized carbons (Fsp3) is 0.864. The molecule has 0 aromatic rings. The summed E-state index contributed by atoms with van der Waals surface area (Å²) in [5.74, 6) is 0.914. The molecule has 0 aliphatic heterocycles. The van der Waals surface area contributed by atoms with Crippen LogP contribution < -0.4 is 5.32 Å². The van der Waals surface area contributed by atoms with Crippen LogP contribution in [-0.4, -0.2) is 61.0 Å².